The number of rotatable bonds is 2. The summed E-state index contributed by atoms with van der Waals surface area (Å²) in [5.74, 6) is -0.378. The molecule has 3 rings (SSSR count). The zero-order valence-electron chi connectivity index (χ0n) is 11.9. The van der Waals surface area contributed by atoms with Crippen LogP contribution in [0.25, 0.3) is 0 Å². The van der Waals surface area contributed by atoms with Gasteiger partial charge < -0.3 is 5.11 Å². The first-order chi connectivity index (χ1) is 10.5. The molecule has 2 heterocycles. The van der Waals surface area contributed by atoms with Gasteiger partial charge in [-0.25, -0.2) is 0 Å². The minimum atomic E-state index is -1.50. The van der Waals surface area contributed by atoms with E-state index in [1.54, 1.807) is 43.3 Å². The Morgan fingerprint density at radius 1 is 1.23 bits per heavy atom. The summed E-state index contributed by atoms with van der Waals surface area (Å²) in [4.78, 5) is 16.5. The zero-order valence-corrected chi connectivity index (χ0v) is 12.7. The van der Waals surface area contributed by atoms with Gasteiger partial charge in [-0.15, -0.1) is 0 Å². The number of aliphatic hydroxyl groups is 1. The Labute approximate surface area is 132 Å². The molecule has 5 nitrogen and oxygen atoms in total. The summed E-state index contributed by atoms with van der Waals surface area (Å²) in [6, 6.07) is 9.93. The van der Waals surface area contributed by atoms with Crippen molar-refractivity contribution in [2.24, 2.45) is 5.10 Å². The highest BCUT2D eigenvalue weighted by Gasteiger charge is 2.45. The number of hydrogen-bond acceptors (Lipinski definition) is 4. The zero-order chi connectivity index (χ0) is 15.7. The molecule has 2 aromatic rings. The number of carbonyl (C=O) groups excluding carboxylic acids is 1. The van der Waals surface area contributed by atoms with Crippen LogP contribution in [0.1, 0.15) is 29.3 Å². The average Bonchev–Trinajstić information content (AvgIpc) is 2.84. The predicted octanol–water partition coefficient (Wildman–Crippen LogP) is 2.80. The number of nitrogens with zero attached hydrogens (tertiary/aromatic N) is 3. The second-order valence-corrected chi connectivity index (χ2v) is 5.62. The molecule has 0 radical (unpaired) electrons. The summed E-state index contributed by atoms with van der Waals surface area (Å²) in [5.41, 5.74) is 0.162. The van der Waals surface area contributed by atoms with Gasteiger partial charge in [0.2, 0.25) is 0 Å². The summed E-state index contributed by atoms with van der Waals surface area (Å²) in [6.45, 7) is 1.78. The van der Waals surface area contributed by atoms with Crippen LogP contribution in [0.2, 0.25) is 5.02 Å². The molecule has 1 aromatic carbocycles. The van der Waals surface area contributed by atoms with Gasteiger partial charge in [-0.05, 0) is 31.2 Å². The van der Waals surface area contributed by atoms with Crippen LogP contribution in [0, 0.1) is 0 Å². The number of aromatic nitrogens is 1. The highest BCUT2D eigenvalue weighted by atomic mass is 35.5. The van der Waals surface area contributed by atoms with Crippen LogP contribution in [0.4, 0.5) is 0 Å². The van der Waals surface area contributed by atoms with Crippen molar-refractivity contribution >= 4 is 23.2 Å². The number of pyridine rings is 1. The molecule has 1 aliphatic heterocycles. The van der Waals surface area contributed by atoms with Gasteiger partial charge in [-0.3, -0.25) is 9.78 Å². The van der Waals surface area contributed by atoms with Crippen molar-refractivity contribution in [1.29, 1.82) is 0 Å². The summed E-state index contributed by atoms with van der Waals surface area (Å²) in [7, 11) is 0. The minimum absolute atomic E-state index is 0.255. The van der Waals surface area contributed by atoms with Crippen LogP contribution in [0.3, 0.4) is 0 Å². The summed E-state index contributed by atoms with van der Waals surface area (Å²) in [6.07, 6.45) is 3.31. The van der Waals surface area contributed by atoms with Gasteiger partial charge in [0, 0.05) is 40.7 Å². The molecule has 1 atom stereocenters. The van der Waals surface area contributed by atoms with E-state index in [4.69, 9.17) is 11.6 Å². The first-order valence-corrected chi connectivity index (χ1v) is 7.15. The molecule has 1 N–H and O–H groups in total. The van der Waals surface area contributed by atoms with Gasteiger partial charge in [-0.1, -0.05) is 23.7 Å². The first kappa shape index (κ1) is 14.7. The molecule has 1 amide bonds. The molecule has 0 bridgehead atoms. The Kier molecular flexibility index (Phi) is 3.68. The Morgan fingerprint density at radius 2 is 1.86 bits per heavy atom. The fraction of sp³-hybridized carbons (Fsp3) is 0.188. The molecule has 112 valence electrons. The smallest absolute Gasteiger partial charge is 0.277 e. The van der Waals surface area contributed by atoms with E-state index in [9.17, 15) is 9.90 Å². The number of hydrazone groups is 1. The molecular weight excluding hydrogens is 302 g/mol. The fourth-order valence-corrected chi connectivity index (χ4v) is 2.62. The molecule has 0 saturated carbocycles. The van der Waals surface area contributed by atoms with E-state index in [0.717, 1.165) is 5.01 Å². The molecule has 0 spiro atoms. The third-order valence-corrected chi connectivity index (χ3v) is 3.80. The van der Waals surface area contributed by atoms with Crippen LogP contribution >= 0.6 is 11.6 Å². The van der Waals surface area contributed by atoms with Crippen LogP contribution in [0.15, 0.2) is 53.9 Å². The van der Waals surface area contributed by atoms with Gasteiger partial charge in [0.05, 0.1) is 0 Å². The Balaban J connectivity index is 2.01. The highest BCUT2D eigenvalue weighted by Crippen LogP contribution is 2.36. The first-order valence-electron chi connectivity index (χ1n) is 6.78. The van der Waals surface area contributed by atoms with E-state index in [1.165, 1.54) is 12.4 Å². The topological polar surface area (TPSA) is 65.8 Å². The van der Waals surface area contributed by atoms with E-state index in [0.29, 0.717) is 21.9 Å². The van der Waals surface area contributed by atoms with Gasteiger partial charge in [0.1, 0.15) is 0 Å². The summed E-state index contributed by atoms with van der Waals surface area (Å²) >= 11 is 5.89. The molecule has 0 aliphatic carbocycles. The molecule has 1 aliphatic rings. The second kappa shape index (κ2) is 5.51. The maximum absolute atomic E-state index is 12.7. The van der Waals surface area contributed by atoms with Crippen molar-refractivity contribution < 1.29 is 9.90 Å². The standard InChI is InChI=1S/C16H14ClN3O2/c1-11-10-16(22,13-2-4-14(17)5-3-13)20(19-11)15(21)12-6-8-18-9-7-12/h2-9,22H,10H2,1H3/t16-/m1/s1. The van der Waals surface area contributed by atoms with E-state index < -0.39 is 5.72 Å². The normalized spacial score (nSPS) is 20.9. The largest absolute Gasteiger partial charge is 0.365 e. The van der Waals surface area contributed by atoms with Crippen molar-refractivity contribution in [3.63, 3.8) is 0 Å². The molecule has 0 saturated heterocycles. The molecule has 0 fully saturated rings. The number of benzene rings is 1. The maximum Gasteiger partial charge on any atom is 0.277 e. The molecule has 22 heavy (non-hydrogen) atoms. The van der Waals surface area contributed by atoms with E-state index >= 15 is 0 Å². The molecule has 0 unspecified atom stereocenters. The maximum atomic E-state index is 12.7. The lowest BCUT2D eigenvalue weighted by atomic mass is 9.97. The van der Waals surface area contributed by atoms with E-state index in [1.807, 2.05) is 0 Å². The Bertz CT molecular complexity index is 731. The lowest BCUT2D eigenvalue weighted by Crippen LogP contribution is -2.43. The monoisotopic (exact) mass is 315 g/mol. The number of halogens is 1. The van der Waals surface area contributed by atoms with E-state index in [2.05, 4.69) is 10.1 Å². The van der Waals surface area contributed by atoms with Crippen molar-refractivity contribution in [3.05, 3.63) is 64.9 Å². The summed E-state index contributed by atoms with van der Waals surface area (Å²) in [5, 5.41) is 17.0. The third-order valence-electron chi connectivity index (χ3n) is 3.55. The van der Waals surface area contributed by atoms with Crippen LogP contribution in [-0.4, -0.2) is 26.7 Å². The predicted molar refractivity (Wildman–Crippen MR) is 83.5 cm³/mol. The van der Waals surface area contributed by atoms with Gasteiger partial charge in [-0.2, -0.15) is 10.1 Å². The van der Waals surface area contributed by atoms with Gasteiger partial charge >= 0.3 is 0 Å². The van der Waals surface area contributed by atoms with E-state index in [-0.39, 0.29) is 12.3 Å². The summed E-state index contributed by atoms with van der Waals surface area (Å²) < 4.78 is 0. The minimum Gasteiger partial charge on any atom is -0.365 e. The quantitative estimate of drug-likeness (QED) is 0.926. The fourth-order valence-electron chi connectivity index (χ4n) is 2.49. The number of amides is 1. The number of hydrogen-bond donors (Lipinski definition) is 1. The van der Waals surface area contributed by atoms with Gasteiger partial charge in [0.25, 0.3) is 5.91 Å². The van der Waals surface area contributed by atoms with Crippen molar-refractivity contribution in [2.75, 3.05) is 0 Å². The Hall–Kier alpha value is -2.24. The van der Waals surface area contributed by atoms with Crippen LogP contribution in [0.5, 0.6) is 0 Å². The average molecular weight is 316 g/mol. The van der Waals surface area contributed by atoms with Crippen molar-refractivity contribution in [1.82, 2.24) is 9.99 Å². The van der Waals surface area contributed by atoms with Crippen molar-refractivity contribution in [2.45, 2.75) is 19.1 Å². The highest BCUT2D eigenvalue weighted by molar-refractivity contribution is 6.30. The number of carbonyl (C=O) groups is 1. The lowest BCUT2D eigenvalue weighted by molar-refractivity contribution is -0.0765. The van der Waals surface area contributed by atoms with Crippen LogP contribution in [-0.2, 0) is 5.72 Å². The molecule has 6 heteroatoms. The van der Waals surface area contributed by atoms with Gasteiger partial charge in [0.15, 0.2) is 5.72 Å². The van der Waals surface area contributed by atoms with Crippen molar-refractivity contribution in [3.8, 4) is 0 Å². The SMILES string of the molecule is CC1=NN(C(=O)c2ccncc2)[C@](O)(c2ccc(Cl)cc2)C1. The van der Waals surface area contributed by atoms with Crippen LogP contribution < -0.4 is 0 Å². The second-order valence-electron chi connectivity index (χ2n) is 5.19. The Morgan fingerprint density at radius 3 is 2.50 bits per heavy atom. The third kappa shape index (κ3) is 2.49. The lowest BCUT2D eigenvalue weighted by Gasteiger charge is -2.31. The molecular formula is C16H14ClN3O2. The molecule has 1 aromatic heterocycles.